The van der Waals surface area contributed by atoms with Gasteiger partial charge in [0.2, 0.25) is 0 Å². The first kappa shape index (κ1) is 12.4. The lowest BCUT2D eigenvalue weighted by Crippen LogP contribution is -2.32. The summed E-state index contributed by atoms with van der Waals surface area (Å²) in [5.74, 6) is 0.161. The van der Waals surface area contributed by atoms with Crippen LogP contribution < -0.4 is 5.73 Å². The average Bonchev–Trinajstić information content (AvgIpc) is 2.04. The van der Waals surface area contributed by atoms with E-state index >= 15 is 0 Å². The number of carbonyl (C=O) groups is 1. The Hall–Kier alpha value is -0.570. The second-order valence-corrected chi connectivity index (χ2v) is 4.15. The highest BCUT2D eigenvalue weighted by atomic mass is 16.5. The van der Waals surface area contributed by atoms with Crippen molar-refractivity contribution in [2.45, 2.75) is 34.1 Å². The number of hydrogen-bond donors (Lipinski definition) is 1. The third-order valence-electron chi connectivity index (χ3n) is 2.55. The molecule has 3 heteroatoms. The molecule has 0 aliphatic carbocycles. The van der Waals surface area contributed by atoms with E-state index in [9.17, 15) is 4.79 Å². The number of nitrogens with two attached hydrogens (primary N) is 1. The third-order valence-corrected chi connectivity index (χ3v) is 2.55. The van der Waals surface area contributed by atoms with Gasteiger partial charge in [-0.05, 0) is 32.7 Å². The van der Waals surface area contributed by atoms with Crippen LogP contribution >= 0.6 is 0 Å². The molecule has 0 rings (SSSR count). The van der Waals surface area contributed by atoms with E-state index in [2.05, 4.69) is 0 Å². The molecule has 0 aromatic heterocycles. The summed E-state index contributed by atoms with van der Waals surface area (Å²) in [5.41, 5.74) is 4.90. The largest absolute Gasteiger partial charge is 0.465 e. The Balaban J connectivity index is 3.95. The highest BCUT2D eigenvalue weighted by Gasteiger charge is 2.32. The summed E-state index contributed by atoms with van der Waals surface area (Å²) in [7, 11) is 0. The minimum atomic E-state index is -0.394. The fourth-order valence-corrected chi connectivity index (χ4v) is 0.670. The molecule has 0 saturated heterocycles. The monoisotopic (exact) mass is 187 g/mol. The van der Waals surface area contributed by atoms with Gasteiger partial charge < -0.3 is 10.5 Å². The molecule has 0 aliphatic rings. The molecule has 0 fully saturated rings. The van der Waals surface area contributed by atoms with Crippen molar-refractivity contribution in [2.75, 3.05) is 13.2 Å². The van der Waals surface area contributed by atoms with Gasteiger partial charge in [0.15, 0.2) is 0 Å². The standard InChI is InChI=1S/C10H21NO2/c1-8(2)10(3,4)9(12)13-7-5-6-11/h8H,5-7,11H2,1-4H3. The minimum absolute atomic E-state index is 0.129. The van der Waals surface area contributed by atoms with Crippen molar-refractivity contribution in [3.05, 3.63) is 0 Å². The summed E-state index contributed by atoms with van der Waals surface area (Å²) in [5, 5.41) is 0. The lowest BCUT2D eigenvalue weighted by atomic mass is 9.81. The van der Waals surface area contributed by atoms with Gasteiger partial charge in [0.1, 0.15) is 0 Å². The van der Waals surface area contributed by atoms with Crippen molar-refractivity contribution in [1.29, 1.82) is 0 Å². The zero-order chi connectivity index (χ0) is 10.5. The van der Waals surface area contributed by atoms with Gasteiger partial charge >= 0.3 is 5.97 Å². The summed E-state index contributed by atoms with van der Waals surface area (Å²) < 4.78 is 5.09. The molecule has 3 nitrogen and oxygen atoms in total. The maximum atomic E-state index is 11.5. The second kappa shape index (κ2) is 5.22. The molecule has 0 aromatic carbocycles. The van der Waals surface area contributed by atoms with E-state index in [1.54, 1.807) is 0 Å². The molecule has 13 heavy (non-hydrogen) atoms. The maximum absolute atomic E-state index is 11.5. The fraction of sp³-hybridized carbons (Fsp3) is 0.900. The summed E-state index contributed by atoms with van der Waals surface area (Å²) in [6, 6.07) is 0. The molecule has 0 amide bonds. The van der Waals surface area contributed by atoms with Crippen LogP contribution in [0.4, 0.5) is 0 Å². The smallest absolute Gasteiger partial charge is 0.311 e. The predicted molar refractivity (Wildman–Crippen MR) is 53.2 cm³/mol. The van der Waals surface area contributed by atoms with Crippen LogP contribution in [-0.4, -0.2) is 19.1 Å². The van der Waals surface area contributed by atoms with E-state index in [4.69, 9.17) is 10.5 Å². The van der Waals surface area contributed by atoms with Crippen LogP contribution in [-0.2, 0) is 9.53 Å². The zero-order valence-electron chi connectivity index (χ0n) is 9.09. The molecule has 0 atom stereocenters. The van der Waals surface area contributed by atoms with Crippen molar-refractivity contribution in [2.24, 2.45) is 17.1 Å². The minimum Gasteiger partial charge on any atom is -0.465 e. The van der Waals surface area contributed by atoms with Gasteiger partial charge in [-0.15, -0.1) is 0 Å². The molecule has 78 valence electrons. The number of hydrogen-bond acceptors (Lipinski definition) is 3. The number of carbonyl (C=O) groups excluding carboxylic acids is 1. The molecule has 0 unspecified atom stereocenters. The first-order valence-electron chi connectivity index (χ1n) is 4.80. The molecule has 0 saturated carbocycles. The maximum Gasteiger partial charge on any atom is 0.311 e. The summed E-state index contributed by atoms with van der Waals surface area (Å²) in [6.07, 6.45) is 0.736. The molecule has 0 aromatic rings. The number of ether oxygens (including phenoxy) is 1. The Kier molecular flexibility index (Phi) is 4.99. The Morgan fingerprint density at radius 3 is 2.38 bits per heavy atom. The number of esters is 1. The first-order chi connectivity index (χ1) is 5.92. The van der Waals surface area contributed by atoms with Crippen molar-refractivity contribution >= 4 is 5.97 Å². The molecule has 0 radical (unpaired) electrons. The van der Waals surface area contributed by atoms with Gasteiger partial charge in [-0.1, -0.05) is 13.8 Å². The van der Waals surface area contributed by atoms with Gasteiger partial charge in [-0.2, -0.15) is 0 Å². The lowest BCUT2D eigenvalue weighted by molar-refractivity contribution is -0.156. The van der Waals surface area contributed by atoms with Crippen LogP contribution in [0.25, 0.3) is 0 Å². The van der Waals surface area contributed by atoms with Crippen LogP contribution in [0.1, 0.15) is 34.1 Å². The van der Waals surface area contributed by atoms with Crippen LogP contribution in [0, 0.1) is 11.3 Å². The third kappa shape index (κ3) is 3.77. The summed E-state index contributed by atoms with van der Waals surface area (Å²) in [4.78, 5) is 11.5. The van der Waals surface area contributed by atoms with E-state index in [-0.39, 0.29) is 11.9 Å². The highest BCUT2D eigenvalue weighted by molar-refractivity contribution is 5.76. The SMILES string of the molecule is CC(C)C(C)(C)C(=O)OCCCN. The summed E-state index contributed by atoms with van der Waals surface area (Å²) in [6.45, 7) is 8.85. The Morgan fingerprint density at radius 2 is 2.00 bits per heavy atom. The van der Waals surface area contributed by atoms with E-state index in [0.717, 1.165) is 6.42 Å². The molecule has 0 spiro atoms. The van der Waals surface area contributed by atoms with E-state index in [1.807, 2.05) is 27.7 Å². The van der Waals surface area contributed by atoms with Crippen molar-refractivity contribution in [3.8, 4) is 0 Å². The summed E-state index contributed by atoms with van der Waals surface area (Å²) >= 11 is 0. The number of rotatable bonds is 5. The van der Waals surface area contributed by atoms with Gasteiger partial charge in [-0.25, -0.2) is 0 Å². The Morgan fingerprint density at radius 1 is 1.46 bits per heavy atom. The van der Waals surface area contributed by atoms with Crippen LogP contribution in [0.3, 0.4) is 0 Å². The normalized spacial score (nSPS) is 11.8. The fourth-order valence-electron chi connectivity index (χ4n) is 0.670. The molecule has 0 heterocycles. The van der Waals surface area contributed by atoms with Crippen molar-refractivity contribution in [3.63, 3.8) is 0 Å². The van der Waals surface area contributed by atoms with Crippen molar-refractivity contribution in [1.82, 2.24) is 0 Å². The second-order valence-electron chi connectivity index (χ2n) is 4.15. The van der Waals surface area contributed by atoms with Crippen molar-refractivity contribution < 1.29 is 9.53 Å². The lowest BCUT2D eigenvalue weighted by Gasteiger charge is -2.26. The zero-order valence-corrected chi connectivity index (χ0v) is 9.09. The van der Waals surface area contributed by atoms with Gasteiger partial charge in [0, 0.05) is 0 Å². The molecule has 0 bridgehead atoms. The highest BCUT2D eigenvalue weighted by Crippen LogP contribution is 2.27. The molecule has 2 N–H and O–H groups in total. The Bertz CT molecular complexity index is 164. The van der Waals surface area contributed by atoms with E-state index in [0.29, 0.717) is 13.2 Å². The quantitative estimate of drug-likeness (QED) is 0.525. The molecular formula is C10H21NO2. The van der Waals surface area contributed by atoms with Crippen LogP contribution in [0.2, 0.25) is 0 Å². The van der Waals surface area contributed by atoms with Gasteiger partial charge in [-0.3, -0.25) is 4.79 Å². The molecule has 0 aliphatic heterocycles. The predicted octanol–water partition coefficient (Wildman–Crippen LogP) is 1.56. The average molecular weight is 187 g/mol. The molecular weight excluding hydrogens is 166 g/mol. The van der Waals surface area contributed by atoms with Crippen LogP contribution in [0.15, 0.2) is 0 Å². The van der Waals surface area contributed by atoms with E-state index in [1.165, 1.54) is 0 Å². The van der Waals surface area contributed by atoms with Gasteiger partial charge in [0.05, 0.1) is 12.0 Å². The topological polar surface area (TPSA) is 52.3 Å². The Labute approximate surface area is 80.6 Å². The van der Waals surface area contributed by atoms with Gasteiger partial charge in [0.25, 0.3) is 0 Å². The first-order valence-corrected chi connectivity index (χ1v) is 4.80. The van der Waals surface area contributed by atoms with Crippen LogP contribution in [0.5, 0.6) is 0 Å². The van der Waals surface area contributed by atoms with E-state index < -0.39 is 5.41 Å².